The first-order chi connectivity index (χ1) is 6.68. The monoisotopic (exact) mass is 195 g/mol. The van der Waals surface area contributed by atoms with E-state index in [1.165, 1.54) is 0 Å². The molecule has 5 nitrogen and oxygen atoms in total. The highest BCUT2D eigenvalue weighted by molar-refractivity contribution is 5.07. The van der Waals surface area contributed by atoms with E-state index in [0.717, 1.165) is 18.7 Å². The fourth-order valence-electron chi connectivity index (χ4n) is 2.07. The maximum atomic E-state index is 6.10. The smallest absolute Gasteiger partial charge is 0.0769 e. The molecule has 0 spiro atoms. The van der Waals surface area contributed by atoms with E-state index >= 15 is 0 Å². The van der Waals surface area contributed by atoms with Crippen molar-refractivity contribution in [3.05, 3.63) is 11.9 Å². The fourth-order valence-corrected chi connectivity index (χ4v) is 2.07. The lowest BCUT2D eigenvalue weighted by atomic mass is 9.90. The largest absolute Gasteiger partial charge is 0.326 e. The van der Waals surface area contributed by atoms with Gasteiger partial charge in [-0.25, -0.2) is 0 Å². The zero-order valence-corrected chi connectivity index (χ0v) is 8.64. The minimum Gasteiger partial charge on any atom is -0.326 e. The van der Waals surface area contributed by atoms with Gasteiger partial charge in [-0.15, -0.1) is 5.10 Å². The van der Waals surface area contributed by atoms with Crippen LogP contribution in [0, 0.1) is 5.92 Å². The Morgan fingerprint density at radius 1 is 1.64 bits per heavy atom. The summed E-state index contributed by atoms with van der Waals surface area (Å²) in [5.74, 6) is 0.655. The summed E-state index contributed by atoms with van der Waals surface area (Å²) in [6, 6.07) is 0.363. The van der Waals surface area contributed by atoms with Crippen LogP contribution in [-0.4, -0.2) is 27.6 Å². The van der Waals surface area contributed by atoms with Gasteiger partial charge >= 0.3 is 0 Å². The van der Waals surface area contributed by atoms with E-state index in [2.05, 4.69) is 22.6 Å². The third-order valence-electron chi connectivity index (χ3n) is 2.86. The van der Waals surface area contributed by atoms with E-state index in [-0.39, 0.29) is 12.1 Å². The molecule has 3 unspecified atom stereocenters. The van der Waals surface area contributed by atoms with Gasteiger partial charge in [0.25, 0.3) is 0 Å². The van der Waals surface area contributed by atoms with Crippen LogP contribution in [0.4, 0.5) is 0 Å². The molecule has 0 saturated carbocycles. The topological polar surface area (TPSA) is 68.8 Å². The molecule has 2 heterocycles. The van der Waals surface area contributed by atoms with Gasteiger partial charge in [-0.3, -0.25) is 4.68 Å². The molecule has 0 aromatic carbocycles. The van der Waals surface area contributed by atoms with Crippen LogP contribution in [0.3, 0.4) is 0 Å². The molecule has 1 saturated heterocycles. The normalized spacial score (nSPS) is 33.2. The molecule has 1 aliphatic heterocycles. The molecule has 0 aliphatic carbocycles. The first-order valence-corrected chi connectivity index (χ1v) is 5.02. The Morgan fingerprint density at radius 2 is 2.43 bits per heavy atom. The van der Waals surface area contributed by atoms with Gasteiger partial charge in [0, 0.05) is 13.1 Å². The second-order valence-corrected chi connectivity index (χ2v) is 4.17. The summed E-state index contributed by atoms with van der Waals surface area (Å²) < 4.78 is 1.79. The molecule has 1 aromatic rings. The lowest BCUT2D eigenvalue weighted by Gasteiger charge is -2.33. The van der Waals surface area contributed by atoms with Crippen LogP contribution in [0.15, 0.2) is 6.20 Å². The average Bonchev–Trinajstić information content (AvgIpc) is 2.52. The van der Waals surface area contributed by atoms with E-state index in [4.69, 9.17) is 5.73 Å². The third kappa shape index (κ3) is 1.65. The van der Waals surface area contributed by atoms with E-state index in [9.17, 15) is 0 Å². The van der Waals surface area contributed by atoms with E-state index in [1.54, 1.807) is 10.9 Å². The quantitative estimate of drug-likeness (QED) is 0.652. The third-order valence-corrected chi connectivity index (χ3v) is 2.86. The fraction of sp³-hybridized carbons (Fsp3) is 0.778. The predicted molar refractivity (Wildman–Crippen MR) is 53.5 cm³/mol. The first kappa shape index (κ1) is 9.61. The summed E-state index contributed by atoms with van der Waals surface area (Å²) in [5, 5.41) is 11.2. The second-order valence-electron chi connectivity index (χ2n) is 4.17. The van der Waals surface area contributed by atoms with Gasteiger partial charge in [0.2, 0.25) is 0 Å². The summed E-state index contributed by atoms with van der Waals surface area (Å²) in [6.45, 7) is 3.23. The van der Waals surface area contributed by atoms with Crippen molar-refractivity contribution >= 4 is 0 Å². The number of piperidine rings is 1. The molecule has 78 valence electrons. The summed E-state index contributed by atoms with van der Waals surface area (Å²) in [5.41, 5.74) is 7.17. The summed E-state index contributed by atoms with van der Waals surface area (Å²) in [4.78, 5) is 0. The molecule has 2 rings (SSSR count). The molecule has 1 fully saturated rings. The highest BCUT2D eigenvalue weighted by Gasteiger charge is 2.28. The van der Waals surface area contributed by atoms with Crippen molar-refractivity contribution in [2.24, 2.45) is 18.7 Å². The molecule has 3 N–H and O–H groups in total. The number of nitrogens with zero attached hydrogens (tertiary/aromatic N) is 3. The van der Waals surface area contributed by atoms with Crippen molar-refractivity contribution in [3.63, 3.8) is 0 Å². The molecule has 1 aromatic heterocycles. The lowest BCUT2D eigenvalue weighted by molar-refractivity contribution is 0.282. The van der Waals surface area contributed by atoms with Crippen LogP contribution < -0.4 is 11.1 Å². The van der Waals surface area contributed by atoms with E-state index in [1.807, 2.05) is 7.05 Å². The maximum absolute atomic E-state index is 6.10. The Kier molecular flexibility index (Phi) is 2.52. The summed E-state index contributed by atoms with van der Waals surface area (Å²) >= 11 is 0. The van der Waals surface area contributed by atoms with Crippen LogP contribution >= 0.6 is 0 Å². The number of hydrogen-bond acceptors (Lipinski definition) is 4. The molecule has 3 atom stereocenters. The van der Waals surface area contributed by atoms with Crippen molar-refractivity contribution in [2.75, 3.05) is 6.54 Å². The predicted octanol–water partition coefficient (Wildman–Crippen LogP) is -0.187. The molecule has 0 amide bonds. The zero-order valence-electron chi connectivity index (χ0n) is 8.64. The molecule has 0 radical (unpaired) electrons. The minimum absolute atomic E-state index is 0.163. The van der Waals surface area contributed by atoms with Gasteiger partial charge in [0.05, 0.1) is 17.9 Å². The van der Waals surface area contributed by atoms with Crippen molar-refractivity contribution in [1.82, 2.24) is 20.3 Å². The van der Waals surface area contributed by atoms with Crippen molar-refractivity contribution in [3.8, 4) is 0 Å². The average molecular weight is 195 g/mol. The van der Waals surface area contributed by atoms with Crippen LogP contribution in [-0.2, 0) is 7.05 Å². The number of rotatable bonds is 1. The zero-order chi connectivity index (χ0) is 10.1. The molecular weight excluding hydrogens is 178 g/mol. The molecule has 14 heavy (non-hydrogen) atoms. The standard InChI is InChI=1S/C9H17N5/c1-6-3-7(10)9(11-4-6)8-5-12-13-14(8)2/h5-7,9,11H,3-4,10H2,1-2H3. The number of nitrogens with two attached hydrogens (primary N) is 1. The van der Waals surface area contributed by atoms with Gasteiger partial charge < -0.3 is 11.1 Å². The highest BCUT2D eigenvalue weighted by atomic mass is 15.4. The van der Waals surface area contributed by atoms with Crippen molar-refractivity contribution in [2.45, 2.75) is 25.4 Å². The number of hydrogen-bond donors (Lipinski definition) is 2. The van der Waals surface area contributed by atoms with Gasteiger partial charge in [-0.1, -0.05) is 12.1 Å². The second kappa shape index (κ2) is 3.67. The van der Waals surface area contributed by atoms with Crippen LogP contribution in [0.25, 0.3) is 0 Å². The van der Waals surface area contributed by atoms with Crippen molar-refractivity contribution in [1.29, 1.82) is 0 Å². The number of nitrogens with one attached hydrogen (secondary N) is 1. The Bertz CT molecular complexity index is 308. The Morgan fingerprint density at radius 3 is 3.00 bits per heavy atom. The van der Waals surface area contributed by atoms with Crippen LogP contribution in [0.2, 0.25) is 0 Å². The maximum Gasteiger partial charge on any atom is 0.0769 e. The van der Waals surface area contributed by atoms with Gasteiger partial charge in [0.15, 0.2) is 0 Å². The highest BCUT2D eigenvalue weighted by Crippen LogP contribution is 2.23. The SMILES string of the molecule is CC1CNC(c2cnnn2C)C(N)C1. The molecule has 1 aliphatic rings. The Hall–Kier alpha value is -0.940. The van der Waals surface area contributed by atoms with Gasteiger partial charge in [-0.05, 0) is 18.9 Å². The van der Waals surface area contributed by atoms with E-state index < -0.39 is 0 Å². The number of aryl methyl sites for hydroxylation is 1. The Balaban J connectivity index is 2.15. The first-order valence-electron chi connectivity index (χ1n) is 5.02. The minimum atomic E-state index is 0.163. The van der Waals surface area contributed by atoms with E-state index in [0.29, 0.717) is 5.92 Å². The molecule has 0 bridgehead atoms. The van der Waals surface area contributed by atoms with Crippen LogP contribution in [0.1, 0.15) is 25.1 Å². The Labute approximate surface area is 83.7 Å². The lowest BCUT2D eigenvalue weighted by Crippen LogP contribution is -2.46. The van der Waals surface area contributed by atoms with Crippen LogP contribution in [0.5, 0.6) is 0 Å². The molecular formula is C9H17N5. The molecule has 5 heteroatoms. The number of aromatic nitrogens is 3. The van der Waals surface area contributed by atoms with Gasteiger partial charge in [-0.2, -0.15) is 0 Å². The summed E-state index contributed by atoms with van der Waals surface area (Å²) in [7, 11) is 1.90. The van der Waals surface area contributed by atoms with Gasteiger partial charge in [0.1, 0.15) is 0 Å². The summed E-state index contributed by atoms with van der Waals surface area (Å²) in [6.07, 6.45) is 2.84. The van der Waals surface area contributed by atoms with Crippen molar-refractivity contribution < 1.29 is 0 Å².